The molecule has 0 aromatic heterocycles. The van der Waals surface area contributed by atoms with Crippen molar-refractivity contribution >= 4 is 21.6 Å². The molecular formula is C15H21ClFNO2S. The zero-order valence-corrected chi connectivity index (χ0v) is 14.1. The van der Waals surface area contributed by atoms with Crippen LogP contribution >= 0.6 is 11.6 Å². The molecule has 21 heavy (non-hydrogen) atoms. The normalized spacial score (nSPS) is 24.2. The predicted octanol–water partition coefficient (Wildman–Crippen LogP) is 3.54. The van der Waals surface area contributed by atoms with Crippen LogP contribution in [-0.4, -0.2) is 25.8 Å². The summed E-state index contributed by atoms with van der Waals surface area (Å²) in [5.41, 5.74) is 0.541. The van der Waals surface area contributed by atoms with Gasteiger partial charge in [-0.1, -0.05) is 13.8 Å². The Morgan fingerprint density at radius 3 is 2.57 bits per heavy atom. The third-order valence-electron chi connectivity index (χ3n) is 4.38. The van der Waals surface area contributed by atoms with Gasteiger partial charge in [-0.05, 0) is 42.9 Å². The second kappa shape index (κ2) is 6.23. The van der Waals surface area contributed by atoms with Gasteiger partial charge in [0.25, 0.3) is 0 Å². The molecule has 0 saturated carbocycles. The molecule has 0 spiro atoms. The molecule has 0 amide bonds. The summed E-state index contributed by atoms with van der Waals surface area (Å²) in [7, 11) is -3.58. The highest BCUT2D eigenvalue weighted by Gasteiger charge is 2.32. The Balaban J connectivity index is 2.38. The molecular weight excluding hydrogens is 313 g/mol. The van der Waals surface area contributed by atoms with Crippen molar-refractivity contribution in [1.29, 1.82) is 0 Å². The molecule has 1 aromatic carbocycles. The minimum atomic E-state index is -3.58. The Morgan fingerprint density at radius 2 is 2.00 bits per heavy atom. The van der Waals surface area contributed by atoms with Crippen LogP contribution in [0.15, 0.2) is 17.0 Å². The van der Waals surface area contributed by atoms with Gasteiger partial charge in [-0.15, -0.1) is 11.6 Å². The molecule has 6 heteroatoms. The topological polar surface area (TPSA) is 37.4 Å². The molecule has 1 saturated heterocycles. The monoisotopic (exact) mass is 333 g/mol. The number of alkyl halides is 1. The quantitative estimate of drug-likeness (QED) is 0.793. The second-order valence-electron chi connectivity index (χ2n) is 5.95. The molecule has 2 atom stereocenters. The largest absolute Gasteiger partial charge is 0.243 e. The number of nitrogens with zero attached hydrogens (tertiary/aromatic N) is 1. The lowest BCUT2D eigenvalue weighted by atomic mass is 9.90. The average molecular weight is 334 g/mol. The minimum Gasteiger partial charge on any atom is -0.207 e. The van der Waals surface area contributed by atoms with Crippen LogP contribution in [0.1, 0.15) is 31.4 Å². The molecule has 1 aliphatic heterocycles. The Kier molecular flexibility index (Phi) is 4.96. The molecule has 118 valence electrons. The van der Waals surface area contributed by atoms with Gasteiger partial charge in [0.1, 0.15) is 5.82 Å². The number of piperidine rings is 1. The maximum absolute atomic E-state index is 13.8. The first-order valence-corrected chi connectivity index (χ1v) is 9.10. The van der Waals surface area contributed by atoms with Crippen molar-refractivity contribution in [3.63, 3.8) is 0 Å². The molecule has 2 rings (SSSR count). The number of hydrogen-bond donors (Lipinski definition) is 0. The van der Waals surface area contributed by atoms with Crippen molar-refractivity contribution in [3.05, 3.63) is 29.1 Å². The van der Waals surface area contributed by atoms with Crippen molar-refractivity contribution in [1.82, 2.24) is 4.31 Å². The molecule has 3 nitrogen and oxygen atoms in total. The number of benzene rings is 1. The minimum absolute atomic E-state index is 0.0382. The van der Waals surface area contributed by atoms with Crippen molar-refractivity contribution < 1.29 is 12.8 Å². The highest BCUT2D eigenvalue weighted by molar-refractivity contribution is 7.89. The summed E-state index contributed by atoms with van der Waals surface area (Å²) in [5.74, 6) is 0.376. The molecule has 1 aromatic rings. The number of sulfonamides is 1. The lowest BCUT2D eigenvalue weighted by molar-refractivity contribution is 0.212. The fourth-order valence-corrected chi connectivity index (χ4v) is 4.53. The molecule has 1 fully saturated rings. The first-order chi connectivity index (χ1) is 9.77. The van der Waals surface area contributed by atoms with E-state index in [2.05, 4.69) is 13.8 Å². The van der Waals surface area contributed by atoms with Gasteiger partial charge in [0.05, 0.1) is 10.8 Å². The van der Waals surface area contributed by atoms with E-state index in [1.807, 2.05) is 0 Å². The van der Waals surface area contributed by atoms with E-state index in [9.17, 15) is 12.8 Å². The zero-order valence-electron chi connectivity index (χ0n) is 12.6. The molecule has 1 heterocycles. The first-order valence-electron chi connectivity index (χ1n) is 7.12. The van der Waals surface area contributed by atoms with Crippen molar-refractivity contribution in [2.75, 3.05) is 13.1 Å². The van der Waals surface area contributed by atoms with Crippen LogP contribution in [-0.2, 0) is 15.9 Å². The maximum atomic E-state index is 13.8. The van der Waals surface area contributed by atoms with Crippen LogP contribution in [0, 0.1) is 24.6 Å². The number of aryl methyl sites for hydroxylation is 1. The van der Waals surface area contributed by atoms with E-state index >= 15 is 0 Å². The van der Waals surface area contributed by atoms with Crippen molar-refractivity contribution in [3.8, 4) is 0 Å². The van der Waals surface area contributed by atoms with E-state index in [0.717, 1.165) is 6.42 Å². The van der Waals surface area contributed by atoms with E-state index in [0.29, 0.717) is 30.5 Å². The summed E-state index contributed by atoms with van der Waals surface area (Å²) in [4.78, 5) is 0.138. The van der Waals surface area contributed by atoms with Crippen LogP contribution in [0.5, 0.6) is 0 Å². The summed E-state index contributed by atoms with van der Waals surface area (Å²) in [6.45, 7) is 6.79. The van der Waals surface area contributed by atoms with E-state index in [-0.39, 0.29) is 16.3 Å². The van der Waals surface area contributed by atoms with Gasteiger partial charge in [-0.25, -0.2) is 12.8 Å². The highest BCUT2D eigenvalue weighted by atomic mass is 35.5. The smallest absolute Gasteiger partial charge is 0.207 e. The molecule has 0 bridgehead atoms. The molecule has 0 aliphatic carbocycles. The molecule has 0 radical (unpaired) electrons. The number of hydrogen-bond acceptors (Lipinski definition) is 2. The van der Waals surface area contributed by atoms with Crippen molar-refractivity contribution in [2.45, 2.75) is 38.0 Å². The fourth-order valence-electron chi connectivity index (χ4n) is 2.64. The van der Waals surface area contributed by atoms with Gasteiger partial charge in [0.2, 0.25) is 10.0 Å². The average Bonchev–Trinajstić information content (AvgIpc) is 2.44. The standard InChI is InChI=1S/C15H21ClFNO2S/c1-10-4-5-18(9-12(10)3)21(19,20)14-6-11(2)15(17)13(7-14)8-16/h6-7,10,12H,4-5,8-9H2,1-3H3. The fraction of sp³-hybridized carbons (Fsp3) is 0.600. The molecule has 2 unspecified atom stereocenters. The summed E-state index contributed by atoms with van der Waals surface area (Å²) in [6.07, 6.45) is 0.850. The van der Waals surface area contributed by atoms with Crippen LogP contribution in [0.3, 0.4) is 0 Å². The van der Waals surface area contributed by atoms with E-state index in [1.165, 1.54) is 16.4 Å². The summed E-state index contributed by atoms with van der Waals surface area (Å²) in [5, 5.41) is 0. The maximum Gasteiger partial charge on any atom is 0.243 e. The Morgan fingerprint density at radius 1 is 1.33 bits per heavy atom. The third kappa shape index (κ3) is 3.25. The van der Waals surface area contributed by atoms with Crippen LogP contribution in [0.4, 0.5) is 4.39 Å². The van der Waals surface area contributed by atoms with E-state index in [4.69, 9.17) is 11.6 Å². The Hall–Kier alpha value is -0.650. The first kappa shape index (κ1) is 16.7. The van der Waals surface area contributed by atoms with Crippen LogP contribution in [0.25, 0.3) is 0 Å². The highest BCUT2D eigenvalue weighted by Crippen LogP contribution is 2.29. The van der Waals surface area contributed by atoms with E-state index in [1.54, 1.807) is 6.92 Å². The van der Waals surface area contributed by atoms with Gasteiger partial charge >= 0.3 is 0 Å². The Bertz CT molecular complexity index is 633. The van der Waals surface area contributed by atoms with E-state index < -0.39 is 15.8 Å². The summed E-state index contributed by atoms with van der Waals surface area (Å²) < 4.78 is 40.8. The van der Waals surface area contributed by atoms with Gasteiger partial charge in [-0.3, -0.25) is 0 Å². The molecule has 1 aliphatic rings. The third-order valence-corrected chi connectivity index (χ3v) is 6.51. The molecule has 0 N–H and O–H groups in total. The van der Waals surface area contributed by atoms with Gasteiger partial charge in [-0.2, -0.15) is 4.31 Å². The lowest BCUT2D eigenvalue weighted by Gasteiger charge is -2.34. The van der Waals surface area contributed by atoms with Crippen LogP contribution < -0.4 is 0 Å². The summed E-state index contributed by atoms with van der Waals surface area (Å²) in [6, 6.07) is 2.75. The van der Waals surface area contributed by atoms with Gasteiger partial charge in [0.15, 0.2) is 0 Å². The van der Waals surface area contributed by atoms with Crippen molar-refractivity contribution in [2.24, 2.45) is 11.8 Å². The zero-order chi connectivity index (χ0) is 15.8. The lowest BCUT2D eigenvalue weighted by Crippen LogP contribution is -2.42. The number of halogens is 2. The Labute approximate surface area is 131 Å². The SMILES string of the molecule is Cc1cc(S(=O)(=O)N2CCC(C)C(C)C2)cc(CCl)c1F. The predicted molar refractivity (Wildman–Crippen MR) is 82.4 cm³/mol. The number of rotatable bonds is 3. The van der Waals surface area contributed by atoms with Crippen LogP contribution in [0.2, 0.25) is 0 Å². The summed E-state index contributed by atoms with van der Waals surface area (Å²) >= 11 is 5.71. The van der Waals surface area contributed by atoms with Gasteiger partial charge < -0.3 is 0 Å². The second-order valence-corrected chi connectivity index (χ2v) is 8.16. The van der Waals surface area contributed by atoms with Gasteiger partial charge in [0, 0.05) is 18.7 Å².